The number of rotatable bonds is 8. The average Bonchev–Trinajstić information content (AvgIpc) is 3.25. The van der Waals surface area contributed by atoms with E-state index in [9.17, 15) is 8.42 Å². The number of aromatic nitrogens is 1. The van der Waals surface area contributed by atoms with Gasteiger partial charge in [0.25, 0.3) is 0 Å². The third-order valence-corrected chi connectivity index (χ3v) is 6.92. The van der Waals surface area contributed by atoms with Crippen molar-refractivity contribution in [3.8, 4) is 17.2 Å². The van der Waals surface area contributed by atoms with Crippen LogP contribution in [0.15, 0.2) is 93.2 Å². The number of nitrogens with one attached hydrogen (secondary N) is 1. The Hall–Kier alpha value is -3.58. The summed E-state index contributed by atoms with van der Waals surface area (Å²) >= 11 is 0. The van der Waals surface area contributed by atoms with E-state index in [1.165, 1.54) is 0 Å². The Bertz CT molecular complexity index is 1310. The number of ether oxygens (including phenoxy) is 1. The van der Waals surface area contributed by atoms with Crippen LogP contribution in [0.25, 0.3) is 11.5 Å². The van der Waals surface area contributed by atoms with Crippen molar-refractivity contribution in [1.29, 1.82) is 0 Å². The van der Waals surface area contributed by atoms with E-state index in [1.54, 1.807) is 48.5 Å². The van der Waals surface area contributed by atoms with Crippen LogP contribution in [-0.4, -0.2) is 20.0 Å². The van der Waals surface area contributed by atoms with Gasteiger partial charge < -0.3 is 14.5 Å². The van der Waals surface area contributed by atoms with Crippen LogP contribution in [0.1, 0.15) is 31.0 Å². The monoisotopic (exact) mass is 462 g/mol. The minimum atomic E-state index is -3.91. The molecule has 0 amide bonds. The van der Waals surface area contributed by atoms with E-state index in [0.29, 0.717) is 12.2 Å². The number of hydrogen-bond donors (Lipinski definition) is 1. The molecule has 3 aromatic carbocycles. The molecule has 0 aliphatic carbocycles. The van der Waals surface area contributed by atoms with Crippen molar-refractivity contribution in [3.05, 3.63) is 90.0 Å². The number of anilines is 1. The zero-order valence-electron chi connectivity index (χ0n) is 18.8. The number of aryl methyl sites for hydroxylation is 1. The van der Waals surface area contributed by atoms with Gasteiger partial charge in [-0.05, 0) is 62.7 Å². The molecule has 0 saturated carbocycles. The number of benzene rings is 3. The number of nitrogens with zero attached hydrogens (tertiary/aromatic N) is 1. The third kappa shape index (κ3) is 4.93. The molecule has 4 aromatic rings. The summed E-state index contributed by atoms with van der Waals surface area (Å²) in [6, 6.07) is 23.4. The second-order valence-electron chi connectivity index (χ2n) is 7.70. The molecule has 33 heavy (non-hydrogen) atoms. The lowest BCUT2D eigenvalue weighted by atomic mass is 10.1. The molecule has 1 heterocycles. The van der Waals surface area contributed by atoms with E-state index in [1.807, 2.05) is 51.1 Å². The average molecular weight is 463 g/mol. The fourth-order valence-electron chi connectivity index (χ4n) is 3.41. The Kier molecular flexibility index (Phi) is 6.51. The van der Waals surface area contributed by atoms with Crippen LogP contribution >= 0.6 is 0 Å². The zero-order valence-corrected chi connectivity index (χ0v) is 19.6. The van der Waals surface area contributed by atoms with E-state index in [-0.39, 0.29) is 27.7 Å². The maximum Gasteiger partial charge on any atom is 0.234 e. The second-order valence-corrected chi connectivity index (χ2v) is 9.57. The first kappa shape index (κ1) is 22.6. The Labute approximate surface area is 194 Å². The topological polar surface area (TPSA) is 81.4 Å². The van der Waals surface area contributed by atoms with E-state index in [0.717, 1.165) is 16.9 Å². The zero-order chi connectivity index (χ0) is 23.4. The fourth-order valence-corrected chi connectivity index (χ4v) is 4.68. The van der Waals surface area contributed by atoms with Gasteiger partial charge in [0.15, 0.2) is 0 Å². The molecule has 6 nitrogen and oxygen atoms in total. The predicted octanol–water partition coefficient (Wildman–Crippen LogP) is 6.05. The molecular formula is C26H26N2O4S. The largest absolute Gasteiger partial charge is 0.494 e. The van der Waals surface area contributed by atoms with E-state index >= 15 is 0 Å². The van der Waals surface area contributed by atoms with Gasteiger partial charge >= 0.3 is 0 Å². The highest BCUT2D eigenvalue weighted by atomic mass is 32.2. The number of sulfone groups is 1. The van der Waals surface area contributed by atoms with Gasteiger partial charge in [-0.25, -0.2) is 8.42 Å². The number of oxazole rings is 1. The van der Waals surface area contributed by atoms with E-state index < -0.39 is 9.84 Å². The van der Waals surface area contributed by atoms with Gasteiger partial charge in [-0.15, -0.1) is 0 Å². The van der Waals surface area contributed by atoms with Crippen LogP contribution in [0.5, 0.6) is 5.75 Å². The van der Waals surface area contributed by atoms with Gasteiger partial charge in [0, 0.05) is 5.56 Å². The van der Waals surface area contributed by atoms with Crippen molar-refractivity contribution < 1.29 is 17.6 Å². The molecule has 0 spiro atoms. The highest BCUT2D eigenvalue weighted by molar-refractivity contribution is 7.91. The van der Waals surface area contributed by atoms with E-state index in [2.05, 4.69) is 10.3 Å². The second kappa shape index (κ2) is 9.50. The summed E-state index contributed by atoms with van der Waals surface area (Å²) in [6.45, 7) is 6.32. The Morgan fingerprint density at radius 3 is 2.27 bits per heavy atom. The van der Waals surface area contributed by atoms with Crippen LogP contribution in [0.2, 0.25) is 0 Å². The molecule has 0 saturated heterocycles. The van der Waals surface area contributed by atoms with Crippen molar-refractivity contribution in [2.24, 2.45) is 0 Å². The van der Waals surface area contributed by atoms with Crippen molar-refractivity contribution in [1.82, 2.24) is 4.98 Å². The van der Waals surface area contributed by atoms with Crippen molar-refractivity contribution >= 4 is 15.7 Å². The number of hydrogen-bond acceptors (Lipinski definition) is 6. The van der Waals surface area contributed by atoms with Crippen LogP contribution < -0.4 is 10.1 Å². The summed E-state index contributed by atoms with van der Waals surface area (Å²) in [4.78, 5) is 4.58. The van der Waals surface area contributed by atoms with Gasteiger partial charge in [0.05, 0.1) is 17.5 Å². The first-order valence-corrected chi connectivity index (χ1v) is 12.2. The van der Waals surface area contributed by atoms with Gasteiger partial charge in [0.1, 0.15) is 5.75 Å². The third-order valence-electron chi connectivity index (χ3n) is 5.24. The minimum absolute atomic E-state index is 0.107. The van der Waals surface area contributed by atoms with E-state index in [4.69, 9.17) is 9.15 Å². The van der Waals surface area contributed by atoms with Gasteiger partial charge in [-0.3, -0.25) is 0 Å². The molecule has 0 aliphatic rings. The van der Waals surface area contributed by atoms with Crippen LogP contribution in [0.3, 0.4) is 0 Å². The lowest BCUT2D eigenvalue weighted by molar-refractivity contribution is 0.340. The highest BCUT2D eigenvalue weighted by Crippen LogP contribution is 2.34. The van der Waals surface area contributed by atoms with Gasteiger partial charge in [-0.1, -0.05) is 48.0 Å². The molecule has 1 atom stereocenters. The quantitative estimate of drug-likeness (QED) is 0.343. The van der Waals surface area contributed by atoms with Crippen LogP contribution in [0.4, 0.5) is 5.88 Å². The Morgan fingerprint density at radius 1 is 0.970 bits per heavy atom. The predicted molar refractivity (Wildman–Crippen MR) is 128 cm³/mol. The van der Waals surface area contributed by atoms with Crippen molar-refractivity contribution in [3.63, 3.8) is 0 Å². The molecule has 1 N–H and O–H groups in total. The van der Waals surface area contributed by atoms with Gasteiger partial charge in [-0.2, -0.15) is 4.98 Å². The molecule has 0 radical (unpaired) electrons. The van der Waals surface area contributed by atoms with Crippen LogP contribution in [-0.2, 0) is 9.84 Å². The minimum Gasteiger partial charge on any atom is -0.494 e. The molecular weight excluding hydrogens is 436 g/mol. The normalized spacial score (nSPS) is 12.3. The van der Waals surface area contributed by atoms with Crippen molar-refractivity contribution in [2.45, 2.75) is 36.7 Å². The molecule has 7 heteroatoms. The molecule has 0 bridgehead atoms. The molecule has 0 aliphatic heterocycles. The first-order chi connectivity index (χ1) is 15.9. The van der Waals surface area contributed by atoms with Crippen molar-refractivity contribution in [2.75, 3.05) is 11.9 Å². The molecule has 0 fully saturated rings. The summed E-state index contributed by atoms with van der Waals surface area (Å²) in [7, 11) is -3.91. The lowest BCUT2D eigenvalue weighted by Gasteiger charge is -2.14. The Balaban J connectivity index is 1.76. The smallest absolute Gasteiger partial charge is 0.234 e. The summed E-state index contributed by atoms with van der Waals surface area (Å²) in [5.74, 6) is 1.04. The summed E-state index contributed by atoms with van der Waals surface area (Å²) in [5, 5.41) is 3.06. The molecule has 1 unspecified atom stereocenters. The Morgan fingerprint density at radius 2 is 1.64 bits per heavy atom. The highest BCUT2D eigenvalue weighted by Gasteiger charge is 2.29. The first-order valence-electron chi connectivity index (χ1n) is 10.8. The maximum absolute atomic E-state index is 13.5. The summed E-state index contributed by atoms with van der Waals surface area (Å²) in [6.07, 6.45) is 0. The summed E-state index contributed by atoms with van der Waals surface area (Å²) < 4.78 is 38.4. The molecule has 1 aromatic heterocycles. The van der Waals surface area contributed by atoms with Gasteiger partial charge in [0.2, 0.25) is 26.6 Å². The molecule has 170 valence electrons. The standard InChI is InChI=1S/C26H26N2O4S/c1-4-31-22-14-12-21(13-15-22)24-28-26(33(29,30)23-16-10-18(2)11-17-23)25(32-24)27-19(3)20-8-6-5-7-9-20/h5-17,19,27H,4H2,1-3H3. The maximum atomic E-state index is 13.5. The summed E-state index contributed by atoms with van der Waals surface area (Å²) in [5.41, 5.74) is 2.62. The molecule has 4 rings (SSSR count). The van der Waals surface area contributed by atoms with Crippen LogP contribution in [0, 0.1) is 6.92 Å². The fraction of sp³-hybridized carbons (Fsp3) is 0.192. The SMILES string of the molecule is CCOc1ccc(-c2nc(S(=O)(=O)c3ccc(C)cc3)c(NC(C)c3ccccc3)o2)cc1. The lowest BCUT2D eigenvalue weighted by Crippen LogP contribution is -2.10.